The fourth-order valence-corrected chi connectivity index (χ4v) is 2.07. The average molecular weight is 270 g/mol. The summed E-state index contributed by atoms with van der Waals surface area (Å²) in [5.74, 6) is 0.0902. The lowest BCUT2D eigenvalue weighted by molar-refractivity contribution is 0.0948. The second-order valence-electron chi connectivity index (χ2n) is 4.00. The maximum Gasteiger partial charge on any atom is 0.255 e. The molecule has 1 N–H and O–H groups in total. The number of carbonyl (C=O) groups is 1. The molecule has 1 heterocycles. The normalized spacial score (nSPS) is 10.3. The molecule has 0 fully saturated rings. The first-order valence-corrected chi connectivity index (χ1v) is 7.52. The standard InChI is InChI=1S/C13H19FN2OS/c1-18-10-5-3-2-4-8-16-13(17)11-7-6-9-15-12(11)14/h6-7,9H,2-5,8,10H2,1H3,(H,16,17). The first kappa shape index (κ1) is 15.0. The third kappa shape index (κ3) is 5.49. The summed E-state index contributed by atoms with van der Waals surface area (Å²) >= 11 is 1.85. The van der Waals surface area contributed by atoms with Gasteiger partial charge < -0.3 is 5.32 Å². The van der Waals surface area contributed by atoms with Gasteiger partial charge in [-0.3, -0.25) is 4.79 Å². The van der Waals surface area contributed by atoms with Crippen LogP contribution in [0.2, 0.25) is 0 Å². The number of nitrogens with one attached hydrogen (secondary N) is 1. The third-order valence-electron chi connectivity index (χ3n) is 2.56. The van der Waals surface area contributed by atoms with Crippen molar-refractivity contribution < 1.29 is 9.18 Å². The summed E-state index contributed by atoms with van der Waals surface area (Å²) in [6, 6.07) is 3.00. The van der Waals surface area contributed by atoms with Crippen LogP contribution in [0.15, 0.2) is 18.3 Å². The number of halogens is 1. The lowest BCUT2D eigenvalue weighted by Crippen LogP contribution is -2.25. The van der Waals surface area contributed by atoms with E-state index in [0.29, 0.717) is 6.54 Å². The van der Waals surface area contributed by atoms with E-state index in [1.807, 2.05) is 11.8 Å². The number of aromatic nitrogens is 1. The smallest absolute Gasteiger partial charge is 0.255 e. The molecule has 0 unspecified atom stereocenters. The van der Waals surface area contributed by atoms with E-state index in [1.54, 1.807) is 6.07 Å². The van der Waals surface area contributed by atoms with Gasteiger partial charge in [-0.2, -0.15) is 16.2 Å². The summed E-state index contributed by atoms with van der Waals surface area (Å²) in [6.45, 7) is 0.590. The molecule has 0 aliphatic heterocycles. The monoisotopic (exact) mass is 270 g/mol. The molecule has 0 aromatic carbocycles. The molecule has 0 saturated carbocycles. The molecule has 1 aromatic rings. The van der Waals surface area contributed by atoms with Crippen molar-refractivity contribution in [2.75, 3.05) is 18.6 Å². The highest BCUT2D eigenvalue weighted by atomic mass is 32.2. The lowest BCUT2D eigenvalue weighted by Gasteiger charge is -2.05. The number of rotatable bonds is 8. The van der Waals surface area contributed by atoms with Crippen LogP contribution in [0.4, 0.5) is 4.39 Å². The van der Waals surface area contributed by atoms with Crippen LogP contribution in [-0.4, -0.2) is 29.4 Å². The van der Waals surface area contributed by atoms with Gasteiger partial charge in [-0.15, -0.1) is 0 Å². The summed E-state index contributed by atoms with van der Waals surface area (Å²) in [5.41, 5.74) is 0.0138. The molecule has 0 saturated heterocycles. The minimum Gasteiger partial charge on any atom is -0.352 e. The Bertz CT molecular complexity index is 374. The van der Waals surface area contributed by atoms with E-state index in [1.165, 1.54) is 30.9 Å². The number of hydrogen-bond donors (Lipinski definition) is 1. The Hall–Kier alpha value is -1.10. The fourth-order valence-electron chi connectivity index (χ4n) is 1.58. The summed E-state index contributed by atoms with van der Waals surface area (Å²) in [4.78, 5) is 15.1. The van der Waals surface area contributed by atoms with Crippen LogP contribution < -0.4 is 5.32 Å². The molecule has 5 heteroatoms. The number of hydrogen-bond acceptors (Lipinski definition) is 3. The molecular weight excluding hydrogens is 251 g/mol. The van der Waals surface area contributed by atoms with Gasteiger partial charge in [0.25, 0.3) is 5.91 Å². The van der Waals surface area contributed by atoms with Crippen LogP contribution >= 0.6 is 11.8 Å². The summed E-state index contributed by atoms with van der Waals surface area (Å²) in [6.07, 6.45) is 7.85. The van der Waals surface area contributed by atoms with Crippen LogP contribution in [0, 0.1) is 5.95 Å². The van der Waals surface area contributed by atoms with Gasteiger partial charge >= 0.3 is 0 Å². The molecule has 3 nitrogen and oxygen atoms in total. The quantitative estimate of drug-likeness (QED) is 0.583. The number of unbranched alkanes of at least 4 members (excludes halogenated alkanes) is 3. The number of nitrogens with zero attached hydrogens (tertiary/aromatic N) is 1. The topological polar surface area (TPSA) is 42.0 Å². The molecule has 100 valence electrons. The number of carbonyl (C=O) groups excluding carboxylic acids is 1. The largest absolute Gasteiger partial charge is 0.352 e. The third-order valence-corrected chi connectivity index (χ3v) is 3.26. The van der Waals surface area contributed by atoms with E-state index in [2.05, 4.69) is 16.6 Å². The van der Waals surface area contributed by atoms with Crippen molar-refractivity contribution in [2.45, 2.75) is 25.7 Å². The van der Waals surface area contributed by atoms with Crippen molar-refractivity contribution in [3.8, 4) is 0 Å². The lowest BCUT2D eigenvalue weighted by atomic mass is 10.2. The number of thioether (sulfide) groups is 1. The second-order valence-corrected chi connectivity index (χ2v) is 4.99. The summed E-state index contributed by atoms with van der Waals surface area (Å²) in [5, 5.41) is 2.71. The molecule has 0 aliphatic rings. The van der Waals surface area contributed by atoms with Gasteiger partial charge in [0.05, 0.1) is 5.56 Å². The van der Waals surface area contributed by atoms with Crippen molar-refractivity contribution in [1.82, 2.24) is 10.3 Å². The van der Waals surface area contributed by atoms with Gasteiger partial charge in [0, 0.05) is 12.7 Å². The van der Waals surface area contributed by atoms with Gasteiger partial charge in [-0.25, -0.2) is 4.98 Å². The summed E-state index contributed by atoms with van der Waals surface area (Å²) in [7, 11) is 0. The van der Waals surface area contributed by atoms with Gasteiger partial charge in [0.15, 0.2) is 0 Å². The van der Waals surface area contributed by atoms with E-state index in [-0.39, 0.29) is 11.5 Å². The highest BCUT2D eigenvalue weighted by molar-refractivity contribution is 7.98. The van der Waals surface area contributed by atoms with E-state index < -0.39 is 5.95 Å². The first-order valence-electron chi connectivity index (χ1n) is 6.13. The number of pyridine rings is 1. The maximum atomic E-state index is 13.2. The average Bonchev–Trinajstić information content (AvgIpc) is 2.38. The van der Waals surface area contributed by atoms with Crippen molar-refractivity contribution in [1.29, 1.82) is 0 Å². The van der Waals surface area contributed by atoms with Gasteiger partial charge in [0.2, 0.25) is 5.95 Å². The van der Waals surface area contributed by atoms with Crippen molar-refractivity contribution in [3.05, 3.63) is 29.8 Å². The molecule has 0 aliphatic carbocycles. The van der Waals surface area contributed by atoms with E-state index in [9.17, 15) is 9.18 Å². The van der Waals surface area contributed by atoms with Crippen LogP contribution in [0.1, 0.15) is 36.0 Å². The highest BCUT2D eigenvalue weighted by Crippen LogP contribution is 2.05. The molecule has 1 aromatic heterocycles. The van der Waals surface area contributed by atoms with Gasteiger partial charge in [-0.05, 0) is 37.0 Å². The number of amides is 1. The van der Waals surface area contributed by atoms with Crippen LogP contribution in [0.5, 0.6) is 0 Å². The van der Waals surface area contributed by atoms with Gasteiger partial charge in [0.1, 0.15) is 0 Å². The van der Waals surface area contributed by atoms with Crippen LogP contribution in [0.25, 0.3) is 0 Å². The Morgan fingerprint density at radius 2 is 2.17 bits per heavy atom. The Morgan fingerprint density at radius 1 is 1.39 bits per heavy atom. The fraction of sp³-hybridized carbons (Fsp3) is 0.538. The van der Waals surface area contributed by atoms with Crippen LogP contribution in [-0.2, 0) is 0 Å². The molecule has 18 heavy (non-hydrogen) atoms. The predicted molar refractivity (Wildman–Crippen MR) is 73.4 cm³/mol. The van der Waals surface area contributed by atoms with Crippen LogP contribution in [0.3, 0.4) is 0 Å². The van der Waals surface area contributed by atoms with E-state index >= 15 is 0 Å². The molecule has 1 rings (SSSR count). The zero-order valence-corrected chi connectivity index (χ0v) is 11.4. The van der Waals surface area contributed by atoms with Crippen molar-refractivity contribution in [2.24, 2.45) is 0 Å². The second kappa shape index (κ2) is 8.91. The van der Waals surface area contributed by atoms with E-state index in [0.717, 1.165) is 12.8 Å². The Labute approximate surface area is 112 Å². The molecule has 1 amide bonds. The molecule has 0 radical (unpaired) electrons. The van der Waals surface area contributed by atoms with Gasteiger partial charge in [-0.1, -0.05) is 12.8 Å². The first-order chi connectivity index (χ1) is 8.75. The molecule has 0 bridgehead atoms. The maximum absolute atomic E-state index is 13.2. The molecule has 0 atom stereocenters. The SMILES string of the molecule is CSCCCCCCNC(=O)c1cccnc1F. The predicted octanol–water partition coefficient (Wildman–Crippen LogP) is 2.87. The zero-order valence-electron chi connectivity index (χ0n) is 10.6. The summed E-state index contributed by atoms with van der Waals surface area (Å²) < 4.78 is 13.2. The highest BCUT2D eigenvalue weighted by Gasteiger charge is 2.10. The molecule has 0 spiro atoms. The Morgan fingerprint density at radius 3 is 2.89 bits per heavy atom. The Kier molecular flexibility index (Phi) is 7.41. The minimum absolute atomic E-state index is 0.0138. The zero-order chi connectivity index (χ0) is 13.2. The van der Waals surface area contributed by atoms with Crippen molar-refractivity contribution >= 4 is 17.7 Å². The molecular formula is C13H19FN2OS. The van der Waals surface area contributed by atoms with Crippen molar-refractivity contribution in [3.63, 3.8) is 0 Å². The minimum atomic E-state index is -0.713. The Balaban J connectivity index is 2.16. The van der Waals surface area contributed by atoms with E-state index in [4.69, 9.17) is 0 Å².